The van der Waals surface area contributed by atoms with E-state index in [0.29, 0.717) is 19.6 Å². The molecule has 4 nitrogen and oxygen atoms in total. The fourth-order valence-electron chi connectivity index (χ4n) is 1.21. The van der Waals surface area contributed by atoms with E-state index in [1.165, 1.54) is 6.07 Å². The van der Waals surface area contributed by atoms with E-state index in [2.05, 4.69) is 5.32 Å². The molecule has 100 valence electrons. The van der Waals surface area contributed by atoms with Crippen molar-refractivity contribution in [3.63, 3.8) is 0 Å². The SMILES string of the molecule is COCCCNC(=O)COc1ccc(F)c(F)c1. The minimum atomic E-state index is -1.01. The average molecular weight is 259 g/mol. The lowest BCUT2D eigenvalue weighted by molar-refractivity contribution is -0.123. The Bertz CT molecular complexity index is 399. The van der Waals surface area contributed by atoms with E-state index in [9.17, 15) is 13.6 Å². The number of nitrogens with one attached hydrogen (secondary N) is 1. The van der Waals surface area contributed by atoms with Crippen LogP contribution in [-0.4, -0.2) is 32.8 Å². The Morgan fingerprint density at radius 2 is 2.11 bits per heavy atom. The summed E-state index contributed by atoms with van der Waals surface area (Å²) >= 11 is 0. The number of carbonyl (C=O) groups excluding carboxylic acids is 1. The average Bonchev–Trinajstić information content (AvgIpc) is 2.36. The van der Waals surface area contributed by atoms with Gasteiger partial charge in [-0.2, -0.15) is 0 Å². The Labute approximate surface area is 104 Å². The maximum Gasteiger partial charge on any atom is 0.257 e. The monoisotopic (exact) mass is 259 g/mol. The van der Waals surface area contributed by atoms with Gasteiger partial charge in [0.15, 0.2) is 18.2 Å². The highest BCUT2D eigenvalue weighted by molar-refractivity contribution is 5.77. The number of amides is 1. The van der Waals surface area contributed by atoms with Gasteiger partial charge in [-0.05, 0) is 18.6 Å². The summed E-state index contributed by atoms with van der Waals surface area (Å²) < 4.78 is 35.3. The fourth-order valence-corrected chi connectivity index (χ4v) is 1.21. The molecule has 0 bridgehead atoms. The Kier molecular flexibility index (Phi) is 6.07. The second kappa shape index (κ2) is 7.60. The van der Waals surface area contributed by atoms with Gasteiger partial charge in [-0.1, -0.05) is 0 Å². The molecule has 0 aliphatic rings. The van der Waals surface area contributed by atoms with Gasteiger partial charge in [0.2, 0.25) is 0 Å². The quantitative estimate of drug-likeness (QED) is 0.755. The van der Waals surface area contributed by atoms with E-state index >= 15 is 0 Å². The van der Waals surface area contributed by atoms with Crippen molar-refractivity contribution in [2.75, 3.05) is 26.9 Å². The van der Waals surface area contributed by atoms with E-state index < -0.39 is 11.6 Å². The zero-order valence-corrected chi connectivity index (χ0v) is 10.0. The lowest BCUT2D eigenvalue weighted by Crippen LogP contribution is -2.30. The molecule has 0 spiro atoms. The van der Waals surface area contributed by atoms with Gasteiger partial charge in [0.25, 0.3) is 5.91 Å². The first-order valence-electron chi connectivity index (χ1n) is 5.47. The van der Waals surface area contributed by atoms with Crippen molar-refractivity contribution in [1.82, 2.24) is 5.32 Å². The van der Waals surface area contributed by atoms with Crippen LogP contribution in [0.2, 0.25) is 0 Å². The van der Waals surface area contributed by atoms with E-state index in [1.807, 2.05) is 0 Å². The van der Waals surface area contributed by atoms with Gasteiger partial charge >= 0.3 is 0 Å². The largest absolute Gasteiger partial charge is 0.484 e. The van der Waals surface area contributed by atoms with Crippen LogP contribution in [0.1, 0.15) is 6.42 Å². The molecule has 1 rings (SSSR count). The van der Waals surface area contributed by atoms with Crippen molar-refractivity contribution < 1.29 is 23.0 Å². The van der Waals surface area contributed by atoms with Gasteiger partial charge in [-0.3, -0.25) is 4.79 Å². The van der Waals surface area contributed by atoms with E-state index in [1.54, 1.807) is 7.11 Å². The van der Waals surface area contributed by atoms with Gasteiger partial charge in [0.05, 0.1) is 0 Å². The van der Waals surface area contributed by atoms with Gasteiger partial charge in [0.1, 0.15) is 5.75 Å². The predicted molar refractivity (Wildman–Crippen MR) is 61.4 cm³/mol. The molecule has 0 saturated heterocycles. The summed E-state index contributed by atoms with van der Waals surface area (Å²) in [5, 5.41) is 2.60. The summed E-state index contributed by atoms with van der Waals surface area (Å²) in [5.41, 5.74) is 0. The summed E-state index contributed by atoms with van der Waals surface area (Å²) in [6, 6.07) is 3.10. The lowest BCUT2D eigenvalue weighted by atomic mass is 10.3. The molecule has 0 fully saturated rings. The highest BCUT2D eigenvalue weighted by Gasteiger charge is 2.05. The molecule has 0 aliphatic heterocycles. The first-order chi connectivity index (χ1) is 8.63. The normalized spacial score (nSPS) is 10.2. The van der Waals surface area contributed by atoms with Crippen LogP contribution in [-0.2, 0) is 9.53 Å². The van der Waals surface area contributed by atoms with Crippen LogP contribution in [0.15, 0.2) is 18.2 Å². The summed E-state index contributed by atoms with van der Waals surface area (Å²) in [7, 11) is 1.58. The maximum absolute atomic E-state index is 12.8. The molecule has 1 aromatic carbocycles. The van der Waals surface area contributed by atoms with Gasteiger partial charge < -0.3 is 14.8 Å². The molecular formula is C12H15F2NO3. The molecule has 0 radical (unpaired) electrons. The van der Waals surface area contributed by atoms with Crippen molar-refractivity contribution in [2.45, 2.75) is 6.42 Å². The van der Waals surface area contributed by atoms with Crippen LogP contribution < -0.4 is 10.1 Å². The maximum atomic E-state index is 12.8. The predicted octanol–water partition coefficient (Wildman–Crippen LogP) is 1.50. The molecule has 0 unspecified atom stereocenters. The molecular weight excluding hydrogens is 244 g/mol. The number of halogens is 2. The summed E-state index contributed by atoms with van der Waals surface area (Å²) in [4.78, 5) is 11.3. The van der Waals surface area contributed by atoms with E-state index in [4.69, 9.17) is 9.47 Å². The standard InChI is InChI=1S/C12H15F2NO3/c1-17-6-2-5-15-12(16)8-18-9-3-4-10(13)11(14)7-9/h3-4,7H,2,5-6,8H2,1H3,(H,15,16). The second-order valence-electron chi connectivity index (χ2n) is 3.56. The summed E-state index contributed by atoms with van der Waals surface area (Å²) in [6.45, 7) is 0.802. The molecule has 0 saturated carbocycles. The summed E-state index contributed by atoms with van der Waals surface area (Å²) in [6.07, 6.45) is 0.702. The molecule has 0 aromatic heterocycles. The Hall–Kier alpha value is -1.69. The van der Waals surface area contributed by atoms with E-state index in [0.717, 1.165) is 12.1 Å². The molecule has 6 heteroatoms. The molecule has 0 atom stereocenters. The molecule has 1 N–H and O–H groups in total. The van der Waals surface area contributed by atoms with Crippen LogP contribution in [0.5, 0.6) is 5.75 Å². The Morgan fingerprint density at radius 1 is 1.33 bits per heavy atom. The van der Waals surface area contributed by atoms with Crippen molar-refractivity contribution in [3.8, 4) is 5.75 Å². The van der Waals surface area contributed by atoms with E-state index in [-0.39, 0.29) is 18.3 Å². The zero-order valence-electron chi connectivity index (χ0n) is 10.0. The fraction of sp³-hybridized carbons (Fsp3) is 0.417. The lowest BCUT2D eigenvalue weighted by Gasteiger charge is -2.07. The second-order valence-corrected chi connectivity index (χ2v) is 3.56. The Balaban J connectivity index is 2.27. The first kappa shape index (κ1) is 14.4. The van der Waals surface area contributed by atoms with Crippen LogP contribution in [0.4, 0.5) is 8.78 Å². The van der Waals surface area contributed by atoms with Crippen molar-refractivity contribution in [3.05, 3.63) is 29.8 Å². The van der Waals surface area contributed by atoms with Crippen molar-refractivity contribution >= 4 is 5.91 Å². The van der Waals surface area contributed by atoms with Gasteiger partial charge in [-0.25, -0.2) is 8.78 Å². The molecule has 1 amide bonds. The number of benzene rings is 1. The minimum Gasteiger partial charge on any atom is -0.484 e. The number of carbonyl (C=O) groups is 1. The number of methoxy groups -OCH3 is 1. The minimum absolute atomic E-state index is 0.112. The molecule has 0 heterocycles. The van der Waals surface area contributed by atoms with Gasteiger partial charge in [0, 0.05) is 26.3 Å². The Morgan fingerprint density at radius 3 is 2.78 bits per heavy atom. The van der Waals surface area contributed by atoms with Crippen LogP contribution in [0, 0.1) is 11.6 Å². The topological polar surface area (TPSA) is 47.6 Å². The van der Waals surface area contributed by atoms with Crippen molar-refractivity contribution in [2.24, 2.45) is 0 Å². The van der Waals surface area contributed by atoms with Gasteiger partial charge in [-0.15, -0.1) is 0 Å². The number of ether oxygens (including phenoxy) is 2. The third kappa shape index (κ3) is 5.09. The highest BCUT2D eigenvalue weighted by atomic mass is 19.2. The number of rotatable bonds is 7. The smallest absolute Gasteiger partial charge is 0.257 e. The molecule has 18 heavy (non-hydrogen) atoms. The molecule has 1 aromatic rings. The summed E-state index contributed by atoms with van der Waals surface area (Å²) in [5.74, 6) is -2.17. The molecule has 0 aliphatic carbocycles. The number of hydrogen-bond donors (Lipinski definition) is 1. The van der Waals surface area contributed by atoms with Crippen LogP contribution in [0.25, 0.3) is 0 Å². The van der Waals surface area contributed by atoms with Crippen LogP contribution >= 0.6 is 0 Å². The number of hydrogen-bond acceptors (Lipinski definition) is 3. The highest BCUT2D eigenvalue weighted by Crippen LogP contribution is 2.14. The zero-order chi connectivity index (χ0) is 13.4. The van der Waals surface area contributed by atoms with Crippen LogP contribution in [0.3, 0.4) is 0 Å². The first-order valence-corrected chi connectivity index (χ1v) is 5.47. The van der Waals surface area contributed by atoms with Crippen molar-refractivity contribution in [1.29, 1.82) is 0 Å². The third-order valence-corrected chi connectivity index (χ3v) is 2.11. The third-order valence-electron chi connectivity index (χ3n) is 2.11.